The molecule has 0 atom stereocenters. The predicted molar refractivity (Wildman–Crippen MR) is 102 cm³/mol. The zero-order valence-corrected chi connectivity index (χ0v) is 16.9. The van der Waals surface area contributed by atoms with Crippen molar-refractivity contribution in [3.8, 4) is 0 Å². The van der Waals surface area contributed by atoms with Crippen LogP contribution in [-0.2, 0) is 22.6 Å². The Morgan fingerprint density at radius 1 is 1.29 bits per heavy atom. The van der Waals surface area contributed by atoms with Crippen molar-refractivity contribution in [2.75, 3.05) is 13.1 Å². The lowest BCUT2D eigenvalue weighted by Gasteiger charge is -2.40. The van der Waals surface area contributed by atoms with E-state index in [1.807, 2.05) is 0 Å². The molecule has 8 heteroatoms. The van der Waals surface area contributed by atoms with Crippen molar-refractivity contribution in [1.29, 1.82) is 0 Å². The van der Waals surface area contributed by atoms with Gasteiger partial charge in [-0.2, -0.15) is 5.10 Å². The second kappa shape index (κ2) is 6.60. The van der Waals surface area contributed by atoms with Crippen molar-refractivity contribution in [1.82, 2.24) is 25.3 Å². The van der Waals surface area contributed by atoms with Crippen LogP contribution in [0.5, 0.6) is 0 Å². The van der Waals surface area contributed by atoms with Gasteiger partial charge in [-0.3, -0.25) is 19.6 Å². The van der Waals surface area contributed by atoms with E-state index in [-0.39, 0.29) is 23.8 Å². The van der Waals surface area contributed by atoms with Crippen LogP contribution in [0.4, 0.5) is 4.79 Å². The maximum Gasteiger partial charge on any atom is 0.325 e. The van der Waals surface area contributed by atoms with E-state index in [4.69, 9.17) is 0 Å². The third-order valence-electron chi connectivity index (χ3n) is 6.76. The fourth-order valence-corrected chi connectivity index (χ4v) is 4.81. The van der Waals surface area contributed by atoms with Crippen LogP contribution in [-0.4, -0.2) is 56.5 Å². The summed E-state index contributed by atoms with van der Waals surface area (Å²) < 4.78 is 0. The van der Waals surface area contributed by atoms with Crippen LogP contribution < -0.4 is 5.32 Å². The van der Waals surface area contributed by atoms with Gasteiger partial charge in [0.1, 0.15) is 12.1 Å². The number of hydrogen-bond donors (Lipinski definition) is 2. The Hall–Kier alpha value is -2.38. The van der Waals surface area contributed by atoms with Gasteiger partial charge in [-0.25, -0.2) is 4.79 Å². The van der Waals surface area contributed by atoms with Gasteiger partial charge < -0.3 is 10.2 Å². The molecule has 3 aliphatic rings. The number of aromatic nitrogens is 2. The van der Waals surface area contributed by atoms with Gasteiger partial charge in [-0.05, 0) is 37.0 Å². The number of carbonyl (C=O) groups is 3. The minimum absolute atomic E-state index is 0.192. The van der Waals surface area contributed by atoms with Crippen LogP contribution in [0.2, 0.25) is 0 Å². The van der Waals surface area contributed by atoms with E-state index >= 15 is 0 Å². The van der Waals surface area contributed by atoms with E-state index < -0.39 is 11.6 Å². The maximum absolute atomic E-state index is 13.1. The minimum atomic E-state index is -0.821. The molecule has 4 rings (SSSR count). The molecular weight excluding hydrogens is 358 g/mol. The van der Waals surface area contributed by atoms with E-state index in [2.05, 4.69) is 36.3 Å². The molecule has 0 bridgehead atoms. The molecule has 3 heterocycles. The number of H-pyrrole nitrogens is 1. The first-order chi connectivity index (χ1) is 13.2. The Balaban J connectivity index is 1.40. The number of urea groups is 1. The third kappa shape index (κ3) is 3.18. The SMILES string of the molecule is CC(C)(C)C1CCC2(CC1)NC(=O)N(CC(=O)N1CCc3[nH]ncc3C1)C2=O. The molecule has 1 aliphatic carbocycles. The van der Waals surface area contributed by atoms with Gasteiger partial charge in [-0.1, -0.05) is 20.8 Å². The summed E-state index contributed by atoms with van der Waals surface area (Å²) >= 11 is 0. The van der Waals surface area contributed by atoms with Gasteiger partial charge in [0, 0.05) is 30.8 Å². The van der Waals surface area contributed by atoms with Crippen molar-refractivity contribution < 1.29 is 14.4 Å². The summed E-state index contributed by atoms with van der Waals surface area (Å²) in [6.07, 6.45) is 5.54. The first-order valence-electron chi connectivity index (χ1n) is 10.1. The topological polar surface area (TPSA) is 98.4 Å². The molecule has 1 saturated heterocycles. The lowest BCUT2D eigenvalue weighted by atomic mass is 9.67. The summed E-state index contributed by atoms with van der Waals surface area (Å²) in [5.41, 5.74) is 1.42. The van der Waals surface area contributed by atoms with E-state index in [0.717, 1.165) is 29.0 Å². The molecule has 1 aromatic heterocycles. The van der Waals surface area contributed by atoms with Crippen LogP contribution in [0.15, 0.2) is 6.20 Å². The smallest absolute Gasteiger partial charge is 0.325 e. The highest BCUT2D eigenvalue weighted by Gasteiger charge is 2.53. The maximum atomic E-state index is 13.1. The van der Waals surface area contributed by atoms with Gasteiger partial charge in [0.05, 0.1) is 6.20 Å². The lowest BCUT2D eigenvalue weighted by Crippen LogP contribution is -2.51. The van der Waals surface area contributed by atoms with Gasteiger partial charge >= 0.3 is 6.03 Å². The highest BCUT2D eigenvalue weighted by molar-refractivity contribution is 6.09. The van der Waals surface area contributed by atoms with Gasteiger partial charge in [0.2, 0.25) is 5.91 Å². The Labute approximate surface area is 165 Å². The normalized spacial score (nSPS) is 27.9. The molecule has 4 amide bonds. The Morgan fingerprint density at radius 3 is 2.68 bits per heavy atom. The molecular formula is C20H29N5O3. The zero-order chi connectivity index (χ0) is 20.1. The van der Waals surface area contributed by atoms with Crippen LogP contribution in [0.3, 0.4) is 0 Å². The molecule has 0 radical (unpaired) electrons. The second-order valence-electron chi connectivity index (χ2n) is 9.48. The molecule has 8 nitrogen and oxygen atoms in total. The largest absolute Gasteiger partial charge is 0.336 e. The summed E-state index contributed by atoms with van der Waals surface area (Å²) in [5, 5.41) is 9.87. The summed E-state index contributed by atoms with van der Waals surface area (Å²) in [4.78, 5) is 41.2. The fourth-order valence-electron chi connectivity index (χ4n) is 4.81. The van der Waals surface area contributed by atoms with Gasteiger partial charge in [-0.15, -0.1) is 0 Å². The summed E-state index contributed by atoms with van der Waals surface area (Å²) in [5.74, 6) is 0.103. The summed E-state index contributed by atoms with van der Waals surface area (Å²) in [7, 11) is 0. The number of fused-ring (bicyclic) bond motifs is 1. The van der Waals surface area contributed by atoms with Gasteiger partial charge in [0.15, 0.2) is 0 Å². The van der Waals surface area contributed by atoms with Crippen LogP contribution in [0.25, 0.3) is 0 Å². The molecule has 2 fully saturated rings. The van der Waals surface area contributed by atoms with Gasteiger partial charge in [0.25, 0.3) is 5.91 Å². The van der Waals surface area contributed by atoms with E-state index in [1.165, 1.54) is 0 Å². The molecule has 2 aliphatic heterocycles. The molecule has 1 spiro atoms. The minimum Gasteiger partial charge on any atom is -0.336 e. The van der Waals surface area contributed by atoms with Crippen LogP contribution >= 0.6 is 0 Å². The molecule has 1 aromatic rings. The molecule has 0 aromatic carbocycles. The molecule has 152 valence electrons. The molecule has 1 saturated carbocycles. The standard InChI is InChI=1S/C20H29N5O3/c1-19(2,3)14-4-7-20(8-5-14)17(27)25(18(28)22-20)12-16(26)24-9-6-15-13(11-24)10-21-23-15/h10,14H,4-9,11-12H2,1-3H3,(H,21,23)(H,22,28). The first-order valence-corrected chi connectivity index (χ1v) is 10.1. The van der Waals surface area contributed by atoms with Crippen molar-refractivity contribution in [2.45, 2.75) is 65.0 Å². The number of imide groups is 1. The van der Waals surface area contributed by atoms with Crippen molar-refractivity contribution in [2.24, 2.45) is 11.3 Å². The molecule has 2 N–H and O–H groups in total. The Bertz CT molecular complexity index is 801. The number of aromatic amines is 1. The molecule has 0 unspecified atom stereocenters. The highest BCUT2D eigenvalue weighted by Crippen LogP contribution is 2.43. The summed E-state index contributed by atoms with van der Waals surface area (Å²) in [6.45, 7) is 7.50. The first kappa shape index (κ1) is 19.0. The van der Waals surface area contributed by atoms with Crippen molar-refractivity contribution in [3.05, 3.63) is 17.5 Å². The number of hydrogen-bond acceptors (Lipinski definition) is 4. The van der Waals surface area contributed by atoms with Crippen molar-refractivity contribution >= 4 is 17.8 Å². The fraction of sp³-hybridized carbons (Fsp3) is 0.700. The van der Waals surface area contributed by atoms with Crippen LogP contribution in [0, 0.1) is 11.3 Å². The lowest BCUT2D eigenvalue weighted by molar-refractivity contribution is -0.140. The van der Waals surface area contributed by atoms with Crippen LogP contribution in [0.1, 0.15) is 57.7 Å². The van der Waals surface area contributed by atoms with E-state index in [1.54, 1.807) is 11.1 Å². The van der Waals surface area contributed by atoms with Crippen molar-refractivity contribution in [3.63, 3.8) is 0 Å². The summed E-state index contributed by atoms with van der Waals surface area (Å²) in [6, 6.07) is -0.437. The number of rotatable bonds is 2. The van der Waals surface area contributed by atoms with E-state index in [0.29, 0.717) is 38.3 Å². The molecule has 28 heavy (non-hydrogen) atoms. The predicted octanol–water partition coefficient (Wildman–Crippen LogP) is 1.82. The second-order valence-corrected chi connectivity index (χ2v) is 9.48. The number of amides is 4. The Morgan fingerprint density at radius 2 is 2.00 bits per heavy atom. The average Bonchev–Trinajstić information content (AvgIpc) is 3.19. The number of carbonyl (C=O) groups excluding carboxylic acids is 3. The highest BCUT2D eigenvalue weighted by atomic mass is 16.2. The zero-order valence-electron chi connectivity index (χ0n) is 16.9. The monoisotopic (exact) mass is 387 g/mol. The number of nitrogens with one attached hydrogen (secondary N) is 2. The third-order valence-corrected chi connectivity index (χ3v) is 6.76. The quantitative estimate of drug-likeness (QED) is 0.756. The Kier molecular flexibility index (Phi) is 4.47. The average molecular weight is 387 g/mol. The number of nitrogens with zero attached hydrogens (tertiary/aromatic N) is 3. The van der Waals surface area contributed by atoms with E-state index in [9.17, 15) is 14.4 Å².